The molecule has 1 saturated heterocycles. The molecule has 0 spiro atoms. The lowest BCUT2D eigenvalue weighted by atomic mass is 10.2. The van der Waals surface area contributed by atoms with Gasteiger partial charge in [0.15, 0.2) is 5.96 Å². The number of hydrogen-bond acceptors (Lipinski definition) is 6. The molecule has 0 saturated carbocycles. The summed E-state index contributed by atoms with van der Waals surface area (Å²) in [4.78, 5) is 11.3. The third-order valence-electron chi connectivity index (χ3n) is 4.66. The number of guanidine groups is 1. The third-order valence-corrected chi connectivity index (χ3v) is 4.66. The number of nitrogens with zero attached hydrogens (tertiary/aromatic N) is 5. The maximum atomic E-state index is 5.93. The third kappa shape index (κ3) is 8.07. The topological polar surface area (TPSA) is 88.8 Å². The largest absolute Gasteiger partial charge is 0.492 e. The molecule has 0 unspecified atom stereocenters. The molecule has 2 heterocycles. The Labute approximate surface area is 195 Å². The molecule has 0 bridgehead atoms. The second-order valence-electron chi connectivity index (χ2n) is 6.80. The van der Waals surface area contributed by atoms with Gasteiger partial charge in [0.1, 0.15) is 24.5 Å². The van der Waals surface area contributed by atoms with E-state index in [0.29, 0.717) is 19.7 Å². The number of aliphatic imine (C=N–C) groups is 1. The smallest absolute Gasteiger partial charge is 0.191 e. The van der Waals surface area contributed by atoms with E-state index >= 15 is 0 Å². The molecule has 166 valence electrons. The Morgan fingerprint density at radius 2 is 2.10 bits per heavy atom. The molecule has 1 fully saturated rings. The monoisotopic (exact) mass is 529 g/mol. The highest BCUT2D eigenvalue weighted by Gasteiger charge is 2.10. The second kappa shape index (κ2) is 13.4. The van der Waals surface area contributed by atoms with Gasteiger partial charge in [0.05, 0.1) is 26.3 Å². The van der Waals surface area contributed by atoms with Crippen molar-refractivity contribution in [2.24, 2.45) is 12.0 Å². The highest BCUT2D eigenvalue weighted by molar-refractivity contribution is 14.0. The molecular formula is C20H32IN7O2. The lowest BCUT2D eigenvalue weighted by Gasteiger charge is -2.26. The zero-order valence-corrected chi connectivity index (χ0v) is 20.0. The van der Waals surface area contributed by atoms with Crippen LogP contribution in [0.4, 0.5) is 0 Å². The summed E-state index contributed by atoms with van der Waals surface area (Å²) in [7, 11) is 1.87. The Morgan fingerprint density at radius 1 is 1.27 bits per heavy atom. The summed E-state index contributed by atoms with van der Waals surface area (Å²) >= 11 is 0. The molecule has 9 nitrogen and oxygen atoms in total. The predicted octanol–water partition coefficient (Wildman–Crippen LogP) is 1.40. The van der Waals surface area contributed by atoms with Crippen molar-refractivity contribution >= 4 is 29.9 Å². The molecule has 3 rings (SSSR count). The van der Waals surface area contributed by atoms with E-state index in [9.17, 15) is 0 Å². The highest BCUT2D eigenvalue weighted by atomic mass is 127. The van der Waals surface area contributed by atoms with Crippen molar-refractivity contribution in [3.63, 3.8) is 0 Å². The Kier molecular flexibility index (Phi) is 10.9. The number of morpholine rings is 1. The van der Waals surface area contributed by atoms with Crippen LogP contribution in [0.3, 0.4) is 0 Å². The van der Waals surface area contributed by atoms with E-state index in [1.165, 1.54) is 0 Å². The van der Waals surface area contributed by atoms with Gasteiger partial charge in [0, 0.05) is 33.2 Å². The quantitative estimate of drug-likeness (QED) is 0.289. The van der Waals surface area contributed by atoms with Gasteiger partial charge in [-0.3, -0.25) is 9.58 Å². The molecule has 1 aromatic heterocycles. The van der Waals surface area contributed by atoms with Gasteiger partial charge < -0.3 is 20.1 Å². The van der Waals surface area contributed by atoms with E-state index in [2.05, 4.69) is 42.7 Å². The fraction of sp³-hybridized carbons (Fsp3) is 0.550. The van der Waals surface area contributed by atoms with Gasteiger partial charge in [-0.05, 0) is 24.6 Å². The maximum absolute atomic E-state index is 5.93. The van der Waals surface area contributed by atoms with Crippen LogP contribution in [0.1, 0.15) is 18.3 Å². The first-order valence-corrected chi connectivity index (χ1v) is 10.1. The zero-order valence-electron chi connectivity index (χ0n) is 17.7. The van der Waals surface area contributed by atoms with Crippen LogP contribution in [0.15, 0.2) is 35.6 Å². The lowest BCUT2D eigenvalue weighted by molar-refractivity contribution is 0.0322. The van der Waals surface area contributed by atoms with Gasteiger partial charge >= 0.3 is 0 Å². The van der Waals surface area contributed by atoms with Crippen LogP contribution in [0.25, 0.3) is 0 Å². The summed E-state index contributed by atoms with van der Waals surface area (Å²) in [5.74, 6) is 2.48. The van der Waals surface area contributed by atoms with Crippen molar-refractivity contribution in [1.29, 1.82) is 0 Å². The first kappa shape index (κ1) is 24.4. The number of nitrogens with one attached hydrogen (secondary N) is 2. The molecule has 0 atom stereocenters. The molecule has 0 amide bonds. The van der Waals surface area contributed by atoms with Crippen molar-refractivity contribution < 1.29 is 9.47 Å². The van der Waals surface area contributed by atoms with Crippen LogP contribution in [0.5, 0.6) is 5.75 Å². The first-order valence-electron chi connectivity index (χ1n) is 10.1. The summed E-state index contributed by atoms with van der Waals surface area (Å²) in [5.41, 5.74) is 1.10. The number of ether oxygens (including phenoxy) is 2. The minimum absolute atomic E-state index is 0. The van der Waals surface area contributed by atoms with E-state index in [4.69, 9.17) is 9.47 Å². The number of halogens is 1. The highest BCUT2D eigenvalue weighted by Crippen LogP contribution is 2.14. The number of aromatic nitrogens is 3. The number of benzene rings is 1. The number of aryl methyl sites for hydroxylation is 1. The van der Waals surface area contributed by atoms with Crippen molar-refractivity contribution in [2.75, 3.05) is 46.0 Å². The first-order chi connectivity index (χ1) is 14.2. The van der Waals surface area contributed by atoms with Crippen LogP contribution in [-0.4, -0.2) is 71.6 Å². The van der Waals surface area contributed by atoms with Gasteiger partial charge in [0.25, 0.3) is 0 Å². The van der Waals surface area contributed by atoms with Crippen LogP contribution < -0.4 is 15.4 Å². The second-order valence-corrected chi connectivity index (χ2v) is 6.80. The molecule has 1 aliphatic heterocycles. The Morgan fingerprint density at radius 3 is 2.83 bits per heavy atom. The van der Waals surface area contributed by atoms with Gasteiger partial charge in [-0.15, -0.1) is 24.0 Å². The Balaban J connectivity index is 0.00000320. The zero-order chi connectivity index (χ0) is 20.3. The van der Waals surface area contributed by atoms with Crippen LogP contribution in [-0.2, 0) is 24.9 Å². The summed E-state index contributed by atoms with van der Waals surface area (Å²) in [6.45, 7) is 9.13. The number of rotatable bonds is 9. The molecule has 2 N–H and O–H groups in total. The van der Waals surface area contributed by atoms with E-state index in [1.54, 1.807) is 11.0 Å². The lowest BCUT2D eigenvalue weighted by Crippen LogP contribution is -2.38. The van der Waals surface area contributed by atoms with E-state index in [1.807, 2.05) is 26.1 Å². The Hall–Kier alpha value is -1.92. The van der Waals surface area contributed by atoms with Crippen molar-refractivity contribution in [2.45, 2.75) is 20.0 Å². The minimum atomic E-state index is 0. The van der Waals surface area contributed by atoms with Gasteiger partial charge in [0.2, 0.25) is 0 Å². The molecule has 1 aromatic carbocycles. The van der Waals surface area contributed by atoms with Gasteiger partial charge in [-0.2, -0.15) is 5.10 Å². The number of hydrogen-bond donors (Lipinski definition) is 2. The van der Waals surface area contributed by atoms with Crippen molar-refractivity contribution in [1.82, 2.24) is 30.3 Å². The van der Waals surface area contributed by atoms with Crippen LogP contribution >= 0.6 is 24.0 Å². The average molecular weight is 529 g/mol. The summed E-state index contributed by atoms with van der Waals surface area (Å²) < 4.78 is 13.1. The molecule has 1 aliphatic rings. The predicted molar refractivity (Wildman–Crippen MR) is 127 cm³/mol. The fourth-order valence-electron chi connectivity index (χ4n) is 3.01. The molecule has 30 heavy (non-hydrogen) atoms. The van der Waals surface area contributed by atoms with E-state index in [-0.39, 0.29) is 24.0 Å². The standard InChI is InChI=1S/C20H31N7O2.HI/c1-3-21-20(23-15-19-24-16-25-26(19)2)22-14-17-5-4-6-18(13-17)29-12-9-27-7-10-28-11-8-27;/h4-6,13,16H,3,7-12,14-15H2,1-2H3,(H2,21,22,23);1H. The summed E-state index contributed by atoms with van der Waals surface area (Å²) in [6, 6.07) is 8.11. The molecule has 2 aromatic rings. The summed E-state index contributed by atoms with van der Waals surface area (Å²) in [5, 5.41) is 10.6. The molecule has 10 heteroatoms. The fourth-order valence-corrected chi connectivity index (χ4v) is 3.01. The minimum Gasteiger partial charge on any atom is -0.492 e. The average Bonchev–Trinajstić information content (AvgIpc) is 3.16. The Bertz CT molecular complexity index is 778. The molecule has 0 radical (unpaired) electrons. The summed E-state index contributed by atoms with van der Waals surface area (Å²) in [6.07, 6.45) is 1.55. The van der Waals surface area contributed by atoms with Crippen LogP contribution in [0.2, 0.25) is 0 Å². The van der Waals surface area contributed by atoms with E-state index in [0.717, 1.165) is 62.5 Å². The maximum Gasteiger partial charge on any atom is 0.191 e. The van der Waals surface area contributed by atoms with Crippen LogP contribution in [0, 0.1) is 0 Å². The van der Waals surface area contributed by atoms with Gasteiger partial charge in [-0.1, -0.05) is 12.1 Å². The van der Waals surface area contributed by atoms with Crippen molar-refractivity contribution in [3.8, 4) is 5.75 Å². The van der Waals surface area contributed by atoms with Crippen molar-refractivity contribution in [3.05, 3.63) is 42.0 Å². The normalized spacial score (nSPS) is 14.8. The van der Waals surface area contributed by atoms with Gasteiger partial charge in [-0.25, -0.2) is 9.98 Å². The molecule has 0 aliphatic carbocycles. The molecular weight excluding hydrogens is 497 g/mol. The van der Waals surface area contributed by atoms with E-state index < -0.39 is 0 Å². The SMILES string of the molecule is CCNC(=NCc1cccc(OCCN2CCOCC2)c1)NCc1ncnn1C.I.